The van der Waals surface area contributed by atoms with Gasteiger partial charge in [-0.15, -0.1) is 0 Å². The summed E-state index contributed by atoms with van der Waals surface area (Å²) in [6.45, 7) is 1.52. The van der Waals surface area contributed by atoms with E-state index in [0.717, 1.165) is 12.1 Å². The van der Waals surface area contributed by atoms with Gasteiger partial charge in [0.25, 0.3) is 0 Å². The molecule has 0 spiro atoms. The molecule has 0 bridgehead atoms. The summed E-state index contributed by atoms with van der Waals surface area (Å²) < 4.78 is 29.9. The van der Waals surface area contributed by atoms with E-state index in [4.69, 9.17) is 10.00 Å². The zero-order valence-corrected chi connectivity index (χ0v) is 6.92. The second-order valence-electron chi connectivity index (χ2n) is 2.47. The lowest BCUT2D eigenvalue weighted by atomic mass is 10.3. The molecule has 1 aromatic carbocycles. The van der Waals surface area contributed by atoms with E-state index in [2.05, 4.69) is 0 Å². The summed E-state index contributed by atoms with van der Waals surface area (Å²) in [6, 6.07) is 4.94. The Balaban J connectivity index is 2.81. The Bertz CT molecular complexity index is 346. The van der Waals surface area contributed by atoms with E-state index >= 15 is 0 Å². The minimum absolute atomic E-state index is 0.146. The summed E-state index contributed by atoms with van der Waals surface area (Å²) in [6.07, 6.45) is -0.676. The van der Waals surface area contributed by atoms with Crippen LogP contribution in [0.4, 0.5) is 8.78 Å². The summed E-state index contributed by atoms with van der Waals surface area (Å²) in [5.74, 6) is -1.77. The molecule has 1 rings (SSSR count). The van der Waals surface area contributed by atoms with Crippen LogP contribution in [0.2, 0.25) is 0 Å². The Morgan fingerprint density at radius 3 is 2.62 bits per heavy atom. The summed E-state index contributed by atoms with van der Waals surface area (Å²) in [4.78, 5) is 0. The molecule has 0 saturated heterocycles. The SMILES string of the molecule is CC(C#N)Oc1ccc(F)c(F)c1. The smallest absolute Gasteiger partial charge is 0.181 e. The van der Waals surface area contributed by atoms with Crippen molar-refractivity contribution in [1.82, 2.24) is 0 Å². The van der Waals surface area contributed by atoms with Crippen LogP contribution in [0.25, 0.3) is 0 Å². The summed E-state index contributed by atoms with van der Waals surface area (Å²) >= 11 is 0. The molecule has 1 unspecified atom stereocenters. The first-order chi connectivity index (χ1) is 6.13. The first-order valence-electron chi connectivity index (χ1n) is 3.65. The van der Waals surface area contributed by atoms with E-state index in [-0.39, 0.29) is 5.75 Å². The van der Waals surface area contributed by atoms with Gasteiger partial charge in [0.15, 0.2) is 17.7 Å². The Morgan fingerprint density at radius 2 is 2.08 bits per heavy atom. The number of nitrogens with zero attached hydrogens (tertiary/aromatic N) is 1. The van der Waals surface area contributed by atoms with Crippen molar-refractivity contribution < 1.29 is 13.5 Å². The van der Waals surface area contributed by atoms with Crippen LogP contribution < -0.4 is 4.74 Å². The number of halogens is 2. The van der Waals surface area contributed by atoms with Crippen molar-refractivity contribution in [3.05, 3.63) is 29.8 Å². The Kier molecular flexibility index (Phi) is 2.80. The highest BCUT2D eigenvalue weighted by Gasteiger charge is 2.05. The van der Waals surface area contributed by atoms with E-state index in [1.54, 1.807) is 0 Å². The van der Waals surface area contributed by atoms with Gasteiger partial charge in [-0.2, -0.15) is 5.26 Å². The lowest BCUT2D eigenvalue weighted by Crippen LogP contribution is -2.08. The molecule has 0 fully saturated rings. The fourth-order valence-electron chi connectivity index (χ4n) is 0.781. The van der Waals surface area contributed by atoms with Crippen LogP contribution in [0.3, 0.4) is 0 Å². The summed E-state index contributed by atoms with van der Waals surface area (Å²) in [7, 11) is 0. The standard InChI is InChI=1S/C9H7F2NO/c1-6(5-12)13-7-2-3-8(10)9(11)4-7/h2-4,6H,1H3. The molecule has 1 atom stereocenters. The monoisotopic (exact) mass is 183 g/mol. The number of benzene rings is 1. The van der Waals surface area contributed by atoms with Crippen molar-refractivity contribution in [1.29, 1.82) is 5.26 Å². The third kappa shape index (κ3) is 2.41. The molecule has 1 aromatic rings. The second-order valence-corrected chi connectivity index (χ2v) is 2.47. The lowest BCUT2D eigenvalue weighted by Gasteiger charge is -2.06. The van der Waals surface area contributed by atoms with E-state index in [1.165, 1.54) is 13.0 Å². The van der Waals surface area contributed by atoms with Gasteiger partial charge >= 0.3 is 0 Å². The average molecular weight is 183 g/mol. The molecule has 0 amide bonds. The maximum absolute atomic E-state index is 12.6. The highest BCUT2D eigenvalue weighted by Crippen LogP contribution is 2.16. The molecule has 4 heteroatoms. The van der Waals surface area contributed by atoms with Crippen molar-refractivity contribution in [2.45, 2.75) is 13.0 Å². The number of hydrogen-bond acceptors (Lipinski definition) is 2. The van der Waals surface area contributed by atoms with Crippen LogP contribution in [-0.4, -0.2) is 6.10 Å². The molecule has 0 aliphatic rings. The summed E-state index contributed by atoms with van der Waals surface area (Å²) in [5.41, 5.74) is 0. The fourth-order valence-corrected chi connectivity index (χ4v) is 0.781. The Morgan fingerprint density at radius 1 is 1.38 bits per heavy atom. The molecular weight excluding hydrogens is 176 g/mol. The zero-order valence-electron chi connectivity index (χ0n) is 6.92. The minimum Gasteiger partial charge on any atom is -0.476 e. The van der Waals surface area contributed by atoms with E-state index in [9.17, 15) is 8.78 Å². The van der Waals surface area contributed by atoms with Gasteiger partial charge in [-0.1, -0.05) is 0 Å². The van der Waals surface area contributed by atoms with Crippen LogP contribution >= 0.6 is 0 Å². The topological polar surface area (TPSA) is 33.0 Å². The zero-order chi connectivity index (χ0) is 9.84. The van der Waals surface area contributed by atoms with Crippen LogP contribution in [-0.2, 0) is 0 Å². The molecule has 2 nitrogen and oxygen atoms in total. The molecule has 0 heterocycles. The molecule has 0 aromatic heterocycles. The normalized spacial score (nSPS) is 11.8. The number of ether oxygens (including phenoxy) is 1. The van der Waals surface area contributed by atoms with E-state index < -0.39 is 17.7 Å². The first kappa shape index (κ1) is 9.46. The van der Waals surface area contributed by atoms with Gasteiger partial charge in [0.2, 0.25) is 0 Å². The molecule has 0 N–H and O–H groups in total. The van der Waals surface area contributed by atoms with E-state index in [0.29, 0.717) is 0 Å². The highest BCUT2D eigenvalue weighted by atomic mass is 19.2. The van der Waals surface area contributed by atoms with Crippen molar-refractivity contribution in [3.63, 3.8) is 0 Å². The Hall–Kier alpha value is -1.63. The number of rotatable bonds is 2. The number of nitriles is 1. The average Bonchev–Trinajstić information content (AvgIpc) is 2.11. The van der Waals surface area contributed by atoms with Crippen molar-refractivity contribution in [2.75, 3.05) is 0 Å². The van der Waals surface area contributed by atoms with Gasteiger partial charge in [-0.25, -0.2) is 8.78 Å². The fraction of sp³-hybridized carbons (Fsp3) is 0.222. The largest absolute Gasteiger partial charge is 0.476 e. The molecule has 0 aliphatic heterocycles. The molecule has 13 heavy (non-hydrogen) atoms. The molecule has 68 valence electrons. The van der Waals surface area contributed by atoms with Gasteiger partial charge in [-0.05, 0) is 19.1 Å². The summed E-state index contributed by atoms with van der Waals surface area (Å²) in [5, 5.41) is 8.38. The quantitative estimate of drug-likeness (QED) is 0.704. The second kappa shape index (κ2) is 3.85. The van der Waals surface area contributed by atoms with Crippen LogP contribution in [0.1, 0.15) is 6.92 Å². The van der Waals surface area contributed by atoms with Crippen molar-refractivity contribution in [2.24, 2.45) is 0 Å². The van der Waals surface area contributed by atoms with Crippen LogP contribution in [0.5, 0.6) is 5.75 Å². The van der Waals surface area contributed by atoms with Gasteiger partial charge in [0.05, 0.1) is 0 Å². The van der Waals surface area contributed by atoms with E-state index in [1.807, 2.05) is 6.07 Å². The van der Waals surface area contributed by atoms with Crippen molar-refractivity contribution >= 4 is 0 Å². The Labute approximate surface area is 74.4 Å². The predicted molar refractivity (Wildman–Crippen MR) is 42.1 cm³/mol. The third-order valence-corrected chi connectivity index (χ3v) is 1.39. The lowest BCUT2D eigenvalue weighted by molar-refractivity contribution is 0.274. The third-order valence-electron chi connectivity index (χ3n) is 1.39. The van der Waals surface area contributed by atoms with Crippen LogP contribution in [0.15, 0.2) is 18.2 Å². The molecule has 0 saturated carbocycles. The molecule has 0 radical (unpaired) electrons. The van der Waals surface area contributed by atoms with Gasteiger partial charge in [-0.3, -0.25) is 0 Å². The number of hydrogen-bond donors (Lipinski definition) is 0. The first-order valence-corrected chi connectivity index (χ1v) is 3.65. The maximum atomic E-state index is 12.6. The minimum atomic E-state index is -0.984. The molecular formula is C9H7F2NO. The molecule has 0 aliphatic carbocycles. The predicted octanol–water partition coefficient (Wildman–Crippen LogP) is 2.26. The highest BCUT2D eigenvalue weighted by molar-refractivity contribution is 5.24. The maximum Gasteiger partial charge on any atom is 0.181 e. The van der Waals surface area contributed by atoms with Crippen molar-refractivity contribution in [3.8, 4) is 11.8 Å². The van der Waals surface area contributed by atoms with Gasteiger partial charge < -0.3 is 4.74 Å². The van der Waals surface area contributed by atoms with Gasteiger partial charge in [0.1, 0.15) is 11.8 Å². The van der Waals surface area contributed by atoms with Crippen LogP contribution in [0, 0.1) is 23.0 Å². The van der Waals surface area contributed by atoms with Gasteiger partial charge in [0, 0.05) is 6.07 Å².